The number of nitrogens with zero attached hydrogens (tertiary/aromatic N) is 4. The third kappa shape index (κ3) is 2.76. The van der Waals surface area contributed by atoms with Crippen molar-refractivity contribution >= 4 is 11.3 Å². The van der Waals surface area contributed by atoms with Gasteiger partial charge in [0, 0.05) is 18.5 Å². The summed E-state index contributed by atoms with van der Waals surface area (Å²) in [6.45, 7) is 3.56. The summed E-state index contributed by atoms with van der Waals surface area (Å²) in [7, 11) is 2.06. The first-order valence-electron chi connectivity index (χ1n) is 6.14. The highest BCUT2D eigenvalue weighted by atomic mass is 32.1. The van der Waals surface area contributed by atoms with E-state index in [0.29, 0.717) is 5.92 Å². The summed E-state index contributed by atoms with van der Waals surface area (Å²) in [6.07, 6.45) is 2.49. The molecule has 1 fully saturated rings. The van der Waals surface area contributed by atoms with Gasteiger partial charge < -0.3 is 4.52 Å². The highest BCUT2D eigenvalue weighted by molar-refractivity contribution is 7.11. The molecule has 1 aliphatic rings. The van der Waals surface area contributed by atoms with E-state index in [0.717, 1.165) is 34.6 Å². The first-order chi connectivity index (χ1) is 8.70. The molecule has 0 atom stereocenters. The Labute approximate surface area is 110 Å². The van der Waals surface area contributed by atoms with Gasteiger partial charge in [0.15, 0.2) is 0 Å². The van der Waals surface area contributed by atoms with Gasteiger partial charge >= 0.3 is 0 Å². The Kier molecular flexibility index (Phi) is 3.13. The van der Waals surface area contributed by atoms with Gasteiger partial charge in [-0.15, -0.1) is 21.5 Å². The Hall–Kier alpha value is -1.27. The Morgan fingerprint density at radius 1 is 1.39 bits per heavy atom. The zero-order valence-electron chi connectivity index (χ0n) is 10.6. The van der Waals surface area contributed by atoms with E-state index < -0.39 is 0 Å². The van der Waals surface area contributed by atoms with Gasteiger partial charge in [0.1, 0.15) is 15.8 Å². The molecule has 0 aliphatic heterocycles. The number of hydrogen-bond donors (Lipinski definition) is 0. The maximum absolute atomic E-state index is 5.34. The predicted molar refractivity (Wildman–Crippen MR) is 68.3 cm³/mol. The summed E-state index contributed by atoms with van der Waals surface area (Å²) in [4.78, 5) is 2.18. The van der Waals surface area contributed by atoms with Crippen molar-refractivity contribution in [2.75, 3.05) is 7.05 Å². The van der Waals surface area contributed by atoms with Crippen LogP contribution in [0.4, 0.5) is 0 Å². The van der Waals surface area contributed by atoms with E-state index in [2.05, 4.69) is 33.4 Å². The summed E-state index contributed by atoms with van der Waals surface area (Å²) in [6, 6.07) is 2.08. The zero-order valence-corrected chi connectivity index (χ0v) is 11.4. The van der Waals surface area contributed by atoms with Crippen LogP contribution >= 0.6 is 11.3 Å². The van der Waals surface area contributed by atoms with Crippen LogP contribution in [0.3, 0.4) is 0 Å². The van der Waals surface area contributed by atoms with Crippen LogP contribution in [0.1, 0.15) is 40.2 Å². The van der Waals surface area contributed by atoms with Crippen molar-refractivity contribution in [2.24, 2.45) is 0 Å². The van der Waals surface area contributed by atoms with Crippen molar-refractivity contribution in [2.45, 2.75) is 38.8 Å². The van der Waals surface area contributed by atoms with Crippen LogP contribution in [0.25, 0.3) is 0 Å². The number of rotatable bonds is 5. The average Bonchev–Trinajstić information content (AvgIpc) is 2.95. The topological polar surface area (TPSA) is 55.1 Å². The van der Waals surface area contributed by atoms with E-state index in [9.17, 15) is 0 Å². The first kappa shape index (κ1) is 11.8. The lowest BCUT2D eigenvalue weighted by molar-refractivity contribution is 0.300. The van der Waals surface area contributed by atoms with Crippen LogP contribution < -0.4 is 0 Å². The van der Waals surface area contributed by atoms with Gasteiger partial charge in [-0.2, -0.15) is 0 Å². The minimum atomic E-state index is 0.627. The Bertz CT molecular complexity index is 532. The molecule has 0 unspecified atom stereocenters. The lowest BCUT2D eigenvalue weighted by Crippen LogP contribution is -2.17. The minimum absolute atomic E-state index is 0.627. The molecule has 2 aromatic rings. The average molecular weight is 264 g/mol. The molecule has 6 heteroatoms. The molecule has 1 saturated carbocycles. The normalized spacial score (nSPS) is 15.5. The van der Waals surface area contributed by atoms with Gasteiger partial charge in [0.05, 0.1) is 12.2 Å². The fraction of sp³-hybridized carbons (Fsp3) is 0.583. The summed E-state index contributed by atoms with van der Waals surface area (Å²) >= 11 is 1.64. The SMILES string of the molecule is Cc1nnc(CN(C)Cc2cc(C3CC3)on2)s1. The van der Waals surface area contributed by atoms with E-state index in [1.165, 1.54) is 12.8 Å². The van der Waals surface area contributed by atoms with E-state index >= 15 is 0 Å². The molecule has 3 rings (SSSR count). The highest BCUT2D eigenvalue weighted by Crippen LogP contribution is 2.40. The van der Waals surface area contributed by atoms with Crippen LogP contribution in [0.5, 0.6) is 0 Å². The molecule has 1 aliphatic carbocycles. The van der Waals surface area contributed by atoms with Crippen LogP contribution in [-0.4, -0.2) is 27.3 Å². The maximum atomic E-state index is 5.34. The van der Waals surface area contributed by atoms with E-state index in [1.807, 2.05) is 6.92 Å². The largest absolute Gasteiger partial charge is 0.361 e. The summed E-state index contributed by atoms with van der Waals surface area (Å²) in [5.41, 5.74) is 1.00. The minimum Gasteiger partial charge on any atom is -0.361 e. The van der Waals surface area contributed by atoms with Crippen molar-refractivity contribution in [1.82, 2.24) is 20.3 Å². The zero-order chi connectivity index (χ0) is 12.5. The second-order valence-electron chi connectivity index (χ2n) is 4.88. The lowest BCUT2D eigenvalue weighted by Gasteiger charge is -2.11. The number of aryl methyl sites for hydroxylation is 1. The molecule has 2 heterocycles. The van der Waals surface area contributed by atoms with Crippen molar-refractivity contribution < 1.29 is 4.52 Å². The maximum Gasteiger partial charge on any atom is 0.140 e. The standard InChI is InChI=1S/C12H16N4OS/c1-8-13-14-12(18-8)7-16(2)6-10-5-11(17-15-10)9-3-4-9/h5,9H,3-4,6-7H2,1-2H3. The molecule has 0 bridgehead atoms. The Balaban J connectivity index is 1.57. The van der Waals surface area contributed by atoms with E-state index in [4.69, 9.17) is 4.52 Å². The van der Waals surface area contributed by atoms with Gasteiger partial charge in [0.2, 0.25) is 0 Å². The van der Waals surface area contributed by atoms with Gasteiger partial charge in [0.25, 0.3) is 0 Å². The smallest absolute Gasteiger partial charge is 0.140 e. The fourth-order valence-electron chi connectivity index (χ4n) is 1.93. The molecule has 2 aromatic heterocycles. The van der Waals surface area contributed by atoms with Crippen LogP contribution in [0, 0.1) is 6.92 Å². The van der Waals surface area contributed by atoms with Gasteiger partial charge in [-0.25, -0.2) is 0 Å². The first-order valence-corrected chi connectivity index (χ1v) is 6.95. The van der Waals surface area contributed by atoms with Crippen LogP contribution in [0.15, 0.2) is 10.6 Å². The van der Waals surface area contributed by atoms with Crippen molar-refractivity contribution in [3.8, 4) is 0 Å². The van der Waals surface area contributed by atoms with Crippen LogP contribution in [0.2, 0.25) is 0 Å². The molecule has 96 valence electrons. The third-order valence-electron chi connectivity index (χ3n) is 2.96. The Morgan fingerprint density at radius 2 is 2.22 bits per heavy atom. The molecular weight excluding hydrogens is 248 g/mol. The van der Waals surface area contributed by atoms with Crippen molar-refractivity contribution in [3.63, 3.8) is 0 Å². The van der Waals surface area contributed by atoms with Crippen molar-refractivity contribution in [3.05, 3.63) is 27.5 Å². The molecule has 0 N–H and O–H groups in total. The fourth-order valence-corrected chi connectivity index (χ4v) is 2.72. The molecular formula is C12H16N4OS. The number of hydrogen-bond acceptors (Lipinski definition) is 6. The molecule has 0 aromatic carbocycles. The van der Waals surface area contributed by atoms with Gasteiger partial charge in [-0.1, -0.05) is 5.16 Å². The second-order valence-corrected chi connectivity index (χ2v) is 6.15. The molecule has 0 amide bonds. The van der Waals surface area contributed by atoms with Crippen LogP contribution in [-0.2, 0) is 13.1 Å². The third-order valence-corrected chi connectivity index (χ3v) is 3.79. The molecule has 0 radical (unpaired) electrons. The van der Waals surface area contributed by atoms with Gasteiger partial charge in [-0.05, 0) is 26.8 Å². The molecule has 18 heavy (non-hydrogen) atoms. The van der Waals surface area contributed by atoms with E-state index in [-0.39, 0.29) is 0 Å². The summed E-state index contributed by atoms with van der Waals surface area (Å²) < 4.78 is 5.34. The lowest BCUT2D eigenvalue weighted by atomic mass is 10.3. The van der Waals surface area contributed by atoms with Gasteiger partial charge in [-0.3, -0.25) is 4.90 Å². The second kappa shape index (κ2) is 4.78. The summed E-state index contributed by atoms with van der Waals surface area (Å²) in [5.74, 6) is 1.67. The molecule has 0 saturated heterocycles. The highest BCUT2D eigenvalue weighted by Gasteiger charge is 2.27. The molecule has 0 spiro atoms. The quantitative estimate of drug-likeness (QED) is 0.829. The summed E-state index contributed by atoms with van der Waals surface area (Å²) in [5, 5.41) is 14.3. The van der Waals surface area contributed by atoms with E-state index in [1.54, 1.807) is 11.3 Å². The monoisotopic (exact) mass is 264 g/mol. The predicted octanol–water partition coefficient (Wildman–Crippen LogP) is 2.34. The molecule has 5 nitrogen and oxygen atoms in total. The van der Waals surface area contributed by atoms with Crippen molar-refractivity contribution in [1.29, 1.82) is 0 Å². The number of aromatic nitrogens is 3. The Morgan fingerprint density at radius 3 is 2.89 bits per heavy atom.